The van der Waals surface area contributed by atoms with Gasteiger partial charge in [-0.3, -0.25) is 0 Å². The number of hydrogen-bond donors (Lipinski definition) is 0. The lowest BCUT2D eigenvalue weighted by atomic mass is 9.69. The molecule has 0 N–H and O–H groups in total. The second-order valence-corrected chi connectivity index (χ2v) is 11.6. The number of benzene rings is 1. The van der Waals surface area contributed by atoms with E-state index in [0.717, 1.165) is 45.3 Å². The van der Waals surface area contributed by atoms with Gasteiger partial charge in [0.1, 0.15) is 5.75 Å². The first-order valence-electron chi connectivity index (χ1n) is 14.6. The molecule has 3 aliphatic rings. The Morgan fingerprint density at radius 1 is 0.875 bits per heavy atom. The highest BCUT2D eigenvalue weighted by Crippen LogP contribution is 2.46. The highest BCUT2D eigenvalue weighted by atomic mass is 19.3. The second kappa shape index (κ2) is 14.3. The maximum absolute atomic E-state index is 14.9. The van der Waals surface area contributed by atoms with Crippen molar-refractivity contribution in [3.63, 3.8) is 0 Å². The van der Waals surface area contributed by atoms with E-state index in [-0.39, 0.29) is 25.4 Å². The molecular formula is C30H40F6O4. The van der Waals surface area contributed by atoms with E-state index < -0.39 is 41.2 Å². The number of rotatable bonds is 11. The molecule has 10 heteroatoms. The van der Waals surface area contributed by atoms with Crippen LogP contribution in [0.5, 0.6) is 11.5 Å². The van der Waals surface area contributed by atoms with Crippen LogP contribution in [-0.2, 0) is 9.47 Å². The molecule has 2 aliphatic carbocycles. The Kier molecular flexibility index (Phi) is 11.1. The summed E-state index contributed by atoms with van der Waals surface area (Å²) in [7, 11) is 0. The lowest BCUT2D eigenvalue weighted by Gasteiger charge is -2.41. The molecule has 1 saturated heterocycles. The zero-order valence-electron chi connectivity index (χ0n) is 23.0. The van der Waals surface area contributed by atoms with Crippen molar-refractivity contribution in [1.29, 1.82) is 0 Å². The molecule has 0 amide bonds. The van der Waals surface area contributed by atoms with Gasteiger partial charge in [-0.2, -0.15) is 17.6 Å². The molecule has 0 bridgehead atoms. The minimum atomic E-state index is -3.63. The first kappa shape index (κ1) is 31.0. The third-order valence-corrected chi connectivity index (χ3v) is 8.82. The highest BCUT2D eigenvalue weighted by Gasteiger charge is 2.45. The van der Waals surface area contributed by atoms with Crippen LogP contribution in [0.1, 0.15) is 84.0 Å². The second-order valence-electron chi connectivity index (χ2n) is 11.6. The summed E-state index contributed by atoms with van der Waals surface area (Å²) < 4.78 is 103. The summed E-state index contributed by atoms with van der Waals surface area (Å²) in [5, 5.41) is 0. The first-order valence-corrected chi connectivity index (χ1v) is 14.6. The van der Waals surface area contributed by atoms with Crippen LogP contribution in [0, 0.1) is 41.2 Å². The molecular weight excluding hydrogens is 538 g/mol. The monoisotopic (exact) mass is 578 g/mol. The molecule has 1 aromatic carbocycles. The molecule has 0 unspecified atom stereocenters. The van der Waals surface area contributed by atoms with Crippen molar-refractivity contribution in [3.8, 4) is 11.5 Å². The third kappa shape index (κ3) is 8.30. The third-order valence-electron chi connectivity index (χ3n) is 8.82. The van der Waals surface area contributed by atoms with E-state index in [4.69, 9.17) is 14.2 Å². The van der Waals surface area contributed by atoms with Crippen molar-refractivity contribution < 1.29 is 45.3 Å². The summed E-state index contributed by atoms with van der Waals surface area (Å²) in [6.45, 7) is 3.73. The average Bonchev–Trinajstić information content (AvgIpc) is 2.93. The van der Waals surface area contributed by atoms with Crippen LogP contribution in [0.4, 0.5) is 26.3 Å². The fourth-order valence-electron chi connectivity index (χ4n) is 6.55. The maximum Gasteiger partial charge on any atom is 0.400 e. The van der Waals surface area contributed by atoms with E-state index in [2.05, 4.69) is 11.7 Å². The van der Waals surface area contributed by atoms with Crippen LogP contribution >= 0.6 is 0 Å². The largest absolute Gasteiger partial charge is 0.453 e. The zero-order valence-corrected chi connectivity index (χ0v) is 23.0. The van der Waals surface area contributed by atoms with Gasteiger partial charge in [0.25, 0.3) is 0 Å². The number of hydrogen-bond acceptors (Lipinski definition) is 4. The SMILES string of the molecule is CCCCCC1COC(C2CCC(C3CCC(C(F)(F)Oc4cc(F)c(OC=C(F)F)c(F)c4)CC3)CC2)OC1. The van der Waals surface area contributed by atoms with Crippen molar-refractivity contribution in [2.24, 2.45) is 29.6 Å². The minimum absolute atomic E-state index is 0.133. The Labute approximate surface area is 232 Å². The van der Waals surface area contributed by atoms with Gasteiger partial charge in [0.15, 0.2) is 29.9 Å². The van der Waals surface area contributed by atoms with E-state index >= 15 is 0 Å². The standard InChI is InChI=1S/C30H40F6O4/c1-2-3-4-5-19-16-38-29(39-17-19)22-8-6-20(7-9-22)21-10-12-23(13-11-21)30(35,36)40-24-14-25(31)28(26(32)15-24)37-18-27(33)34/h14-15,18-23,29H,2-13,16-17H2,1H3. The van der Waals surface area contributed by atoms with Crippen molar-refractivity contribution in [3.05, 3.63) is 36.1 Å². The Morgan fingerprint density at radius 3 is 1.98 bits per heavy atom. The molecule has 3 fully saturated rings. The summed E-state index contributed by atoms with van der Waals surface area (Å²) in [5.41, 5.74) is 0. The number of alkyl halides is 2. The van der Waals surface area contributed by atoms with Crippen LogP contribution in [0.2, 0.25) is 0 Å². The Bertz CT molecular complexity index is 938. The van der Waals surface area contributed by atoms with Crippen LogP contribution in [0.25, 0.3) is 0 Å². The predicted molar refractivity (Wildman–Crippen MR) is 137 cm³/mol. The average molecular weight is 579 g/mol. The molecule has 40 heavy (non-hydrogen) atoms. The molecule has 0 atom stereocenters. The van der Waals surface area contributed by atoms with Gasteiger partial charge in [0.05, 0.1) is 19.1 Å². The van der Waals surface area contributed by atoms with Crippen molar-refractivity contribution in [1.82, 2.24) is 0 Å². The topological polar surface area (TPSA) is 36.9 Å². The van der Waals surface area contributed by atoms with Gasteiger partial charge in [-0.15, -0.1) is 0 Å². The van der Waals surface area contributed by atoms with E-state index in [1.807, 2.05) is 0 Å². The van der Waals surface area contributed by atoms with Gasteiger partial charge < -0.3 is 18.9 Å². The predicted octanol–water partition coefficient (Wildman–Crippen LogP) is 9.24. The van der Waals surface area contributed by atoms with E-state index in [1.54, 1.807) is 0 Å². The van der Waals surface area contributed by atoms with Gasteiger partial charge in [-0.05, 0) is 69.6 Å². The van der Waals surface area contributed by atoms with Crippen molar-refractivity contribution in [2.45, 2.75) is 96.4 Å². The molecule has 2 saturated carbocycles. The normalized spacial score (nSPS) is 29.6. The number of ether oxygens (including phenoxy) is 4. The van der Waals surface area contributed by atoms with Crippen LogP contribution in [-0.4, -0.2) is 25.6 Å². The summed E-state index contributed by atoms with van der Waals surface area (Å²) >= 11 is 0. The van der Waals surface area contributed by atoms with Crippen LogP contribution < -0.4 is 9.47 Å². The van der Waals surface area contributed by atoms with E-state index in [0.29, 0.717) is 48.6 Å². The van der Waals surface area contributed by atoms with E-state index in [1.165, 1.54) is 19.3 Å². The molecule has 0 spiro atoms. The lowest BCUT2D eigenvalue weighted by Crippen LogP contribution is -2.40. The summed E-state index contributed by atoms with van der Waals surface area (Å²) in [5.74, 6) is -4.05. The summed E-state index contributed by atoms with van der Waals surface area (Å²) in [6.07, 6.45) is 4.50. The number of unbranched alkanes of at least 4 members (excludes halogenated alkanes) is 2. The molecule has 4 rings (SSSR count). The Morgan fingerprint density at radius 2 is 1.43 bits per heavy atom. The zero-order chi connectivity index (χ0) is 28.7. The molecule has 1 heterocycles. The first-order chi connectivity index (χ1) is 19.2. The lowest BCUT2D eigenvalue weighted by molar-refractivity contribution is -0.232. The van der Waals surface area contributed by atoms with Crippen LogP contribution in [0.3, 0.4) is 0 Å². The fourth-order valence-corrected chi connectivity index (χ4v) is 6.55. The van der Waals surface area contributed by atoms with Crippen LogP contribution in [0.15, 0.2) is 24.5 Å². The molecule has 1 aromatic rings. The fraction of sp³-hybridized carbons (Fsp3) is 0.733. The Balaban J connectivity index is 1.20. The molecule has 0 aromatic heterocycles. The van der Waals surface area contributed by atoms with Crippen molar-refractivity contribution >= 4 is 0 Å². The van der Waals surface area contributed by atoms with Gasteiger partial charge in [0.2, 0.25) is 0 Å². The summed E-state index contributed by atoms with van der Waals surface area (Å²) in [6, 6.07) is 1.01. The maximum atomic E-state index is 14.9. The molecule has 1 aliphatic heterocycles. The minimum Gasteiger partial charge on any atom is -0.453 e. The number of halogens is 6. The Hall–Kier alpha value is -1.94. The van der Waals surface area contributed by atoms with Gasteiger partial charge in [-0.1, -0.05) is 26.2 Å². The quantitative estimate of drug-likeness (QED) is 0.149. The molecule has 4 nitrogen and oxygen atoms in total. The van der Waals surface area contributed by atoms with Gasteiger partial charge >= 0.3 is 12.2 Å². The van der Waals surface area contributed by atoms with Gasteiger partial charge in [0, 0.05) is 24.0 Å². The van der Waals surface area contributed by atoms with Crippen molar-refractivity contribution in [2.75, 3.05) is 13.2 Å². The smallest absolute Gasteiger partial charge is 0.400 e. The van der Waals surface area contributed by atoms with E-state index in [9.17, 15) is 26.3 Å². The van der Waals surface area contributed by atoms with Gasteiger partial charge in [-0.25, -0.2) is 8.78 Å². The highest BCUT2D eigenvalue weighted by molar-refractivity contribution is 5.35. The summed E-state index contributed by atoms with van der Waals surface area (Å²) in [4.78, 5) is 0. The molecule has 226 valence electrons. The molecule has 0 radical (unpaired) electrons.